The average molecular weight is 282 g/mol. The molecule has 0 bridgehead atoms. The van der Waals surface area contributed by atoms with Gasteiger partial charge in [0, 0.05) is 13.5 Å². The molecule has 1 heterocycles. The van der Waals surface area contributed by atoms with E-state index in [0.717, 1.165) is 11.4 Å². The zero-order chi connectivity index (χ0) is 14.3. The van der Waals surface area contributed by atoms with E-state index in [-0.39, 0.29) is 11.9 Å². The number of ether oxygens (including phenoxy) is 1. The third kappa shape index (κ3) is 5.21. The number of carbonyl (C=O) groups excluding carboxylic acids is 2. The minimum absolute atomic E-state index is 0.0388. The molecule has 0 aromatic carbocycles. The Labute approximate surface area is 116 Å². The summed E-state index contributed by atoms with van der Waals surface area (Å²) in [6, 6.07) is 0. The Bertz CT molecular complexity index is 480. The number of thiazole rings is 1. The van der Waals surface area contributed by atoms with Crippen LogP contribution >= 0.6 is 11.3 Å². The van der Waals surface area contributed by atoms with Gasteiger partial charge in [-0.05, 0) is 26.3 Å². The molecule has 5 nitrogen and oxygen atoms in total. The maximum absolute atomic E-state index is 11.6. The number of nitrogens with one attached hydrogen (secondary N) is 1. The van der Waals surface area contributed by atoms with Gasteiger partial charge in [-0.2, -0.15) is 0 Å². The van der Waals surface area contributed by atoms with Crippen molar-refractivity contribution >= 4 is 29.3 Å². The van der Waals surface area contributed by atoms with Gasteiger partial charge in [-0.1, -0.05) is 6.08 Å². The third-order valence-corrected chi connectivity index (χ3v) is 3.32. The van der Waals surface area contributed by atoms with Gasteiger partial charge in [0.2, 0.25) is 5.91 Å². The Morgan fingerprint density at radius 1 is 1.47 bits per heavy atom. The molecule has 1 amide bonds. The molecular weight excluding hydrogens is 264 g/mol. The van der Waals surface area contributed by atoms with Crippen LogP contribution in [0.25, 0.3) is 6.08 Å². The van der Waals surface area contributed by atoms with Crippen LogP contribution in [0.5, 0.6) is 0 Å². The highest BCUT2D eigenvalue weighted by Crippen LogP contribution is 2.20. The van der Waals surface area contributed by atoms with E-state index in [1.54, 1.807) is 13.8 Å². The van der Waals surface area contributed by atoms with Gasteiger partial charge < -0.3 is 10.1 Å². The van der Waals surface area contributed by atoms with Crippen LogP contribution in [0.3, 0.4) is 0 Å². The smallest absolute Gasteiger partial charge is 0.350 e. The van der Waals surface area contributed by atoms with Crippen LogP contribution in [0.2, 0.25) is 0 Å². The van der Waals surface area contributed by atoms with Crippen molar-refractivity contribution in [3.05, 3.63) is 21.7 Å². The molecule has 0 aliphatic carbocycles. The molecule has 0 fully saturated rings. The van der Waals surface area contributed by atoms with Crippen LogP contribution in [0, 0.1) is 6.92 Å². The Morgan fingerprint density at radius 2 is 2.21 bits per heavy atom. The van der Waals surface area contributed by atoms with Gasteiger partial charge in [-0.3, -0.25) is 4.79 Å². The third-order valence-electron chi connectivity index (χ3n) is 2.22. The molecule has 0 saturated carbocycles. The number of aryl methyl sites for hydroxylation is 1. The van der Waals surface area contributed by atoms with Crippen molar-refractivity contribution in [3.8, 4) is 0 Å². The number of esters is 1. The predicted molar refractivity (Wildman–Crippen MR) is 75.1 cm³/mol. The van der Waals surface area contributed by atoms with Crippen LogP contribution < -0.4 is 5.32 Å². The number of amides is 1. The fourth-order valence-electron chi connectivity index (χ4n) is 1.39. The lowest BCUT2D eigenvalue weighted by Crippen LogP contribution is -2.20. The van der Waals surface area contributed by atoms with Gasteiger partial charge in [0.1, 0.15) is 9.88 Å². The quantitative estimate of drug-likeness (QED) is 0.641. The zero-order valence-electron chi connectivity index (χ0n) is 11.4. The van der Waals surface area contributed by atoms with E-state index in [4.69, 9.17) is 4.74 Å². The minimum Gasteiger partial charge on any atom is -0.462 e. The second-order valence-electron chi connectivity index (χ2n) is 3.86. The molecule has 1 rings (SSSR count). The van der Waals surface area contributed by atoms with E-state index in [1.165, 1.54) is 18.3 Å². The number of carbonyl (C=O) groups is 2. The number of hydrogen-bond acceptors (Lipinski definition) is 5. The first kappa shape index (κ1) is 15.4. The van der Waals surface area contributed by atoms with Crippen molar-refractivity contribution in [2.75, 3.05) is 13.2 Å². The lowest BCUT2D eigenvalue weighted by atomic mass is 10.3. The Kier molecular flexibility index (Phi) is 6.21. The average Bonchev–Trinajstić information content (AvgIpc) is 2.70. The number of nitrogens with zero attached hydrogens (tertiary/aromatic N) is 1. The topological polar surface area (TPSA) is 68.3 Å². The molecule has 0 saturated heterocycles. The second-order valence-corrected chi connectivity index (χ2v) is 4.89. The van der Waals surface area contributed by atoms with Crippen LogP contribution in [0.4, 0.5) is 0 Å². The summed E-state index contributed by atoms with van der Waals surface area (Å²) in [5.41, 5.74) is 0.685. The summed E-state index contributed by atoms with van der Waals surface area (Å²) >= 11 is 1.31. The maximum atomic E-state index is 11.6. The standard InChI is InChI=1S/C13H18N2O3S/c1-4-18-13(17)12-9(2)15-11(19-12)7-5-6-8-14-10(3)16/h5,7H,4,6,8H2,1-3H3,(H,14,16). The van der Waals surface area contributed by atoms with E-state index in [0.29, 0.717) is 23.7 Å². The number of rotatable bonds is 6. The number of hydrogen-bond donors (Lipinski definition) is 1. The Balaban J connectivity index is 2.55. The Morgan fingerprint density at radius 3 is 2.84 bits per heavy atom. The lowest BCUT2D eigenvalue weighted by Gasteiger charge is -1.97. The molecule has 0 atom stereocenters. The molecule has 104 valence electrons. The predicted octanol–water partition coefficient (Wildman–Crippen LogP) is 2.17. The zero-order valence-corrected chi connectivity index (χ0v) is 12.2. The fraction of sp³-hybridized carbons (Fsp3) is 0.462. The van der Waals surface area contributed by atoms with Gasteiger partial charge in [-0.25, -0.2) is 9.78 Å². The molecular formula is C13H18N2O3S. The summed E-state index contributed by atoms with van der Waals surface area (Å²) in [6.45, 7) is 6.01. The van der Waals surface area contributed by atoms with Gasteiger partial charge in [0.05, 0.1) is 12.3 Å². The molecule has 0 radical (unpaired) electrons. The van der Waals surface area contributed by atoms with Gasteiger partial charge in [0.25, 0.3) is 0 Å². The van der Waals surface area contributed by atoms with Crippen molar-refractivity contribution in [1.82, 2.24) is 10.3 Å². The highest BCUT2D eigenvalue weighted by Gasteiger charge is 2.14. The van der Waals surface area contributed by atoms with E-state index in [1.807, 2.05) is 12.2 Å². The van der Waals surface area contributed by atoms with Crippen LogP contribution in [0.1, 0.15) is 40.6 Å². The van der Waals surface area contributed by atoms with Crippen molar-refractivity contribution in [1.29, 1.82) is 0 Å². The van der Waals surface area contributed by atoms with E-state index < -0.39 is 0 Å². The van der Waals surface area contributed by atoms with E-state index in [9.17, 15) is 9.59 Å². The fourth-order valence-corrected chi connectivity index (χ4v) is 2.28. The summed E-state index contributed by atoms with van der Waals surface area (Å²) in [7, 11) is 0. The maximum Gasteiger partial charge on any atom is 0.350 e. The lowest BCUT2D eigenvalue weighted by molar-refractivity contribution is -0.118. The molecule has 6 heteroatoms. The molecule has 19 heavy (non-hydrogen) atoms. The normalized spacial score (nSPS) is 10.7. The molecule has 1 aromatic rings. The summed E-state index contributed by atoms with van der Waals surface area (Å²) in [5, 5.41) is 3.47. The number of aromatic nitrogens is 1. The van der Waals surface area contributed by atoms with Crippen molar-refractivity contribution in [2.24, 2.45) is 0 Å². The molecule has 1 aromatic heterocycles. The second kappa shape index (κ2) is 7.68. The van der Waals surface area contributed by atoms with Gasteiger partial charge >= 0.3 is 5.97 Å². The summed E-state index contributed by atoms with van der Waals surface area (Å²) in [6.07, 6.45) is 4.50. The van der Waals surface area contributed by atoms with Gasteiger partial charge in [-0.15, -0.1) is 11.3 Å². The Hall–Kier alpha value is -1.69. The van der Waals surface area contributed by atoms with Crippen LogP contribution in [0.15, 0.2) is 6.08 Å². The van der Waals surface area contributed by atoms with Crippen LogP contribution in [-0.2, 0) is 9.53 Å². The van der Waals surface area contributed by atoms with Crippen molar-refractivity contribution in [2.45, 2.75) is 27.2 Å². The SMILES string of the molecule is CCOC(=O)c1sc(C=CCCNC(C)=O)nc1C. The van der Waals surface area contributed by atoms with E-state index >= 15 is 0 Å². The largest absolute Gasteiger partial charge is 0.462 e. The summed E-state index contributed by atoms with van der Waals surface area (Å²) in [4.78, 5) is 27.1. The first-order chi connectivity index (χ1) is 9.04. The molecule has 1 N–H and O–H groups in total. The van der Waals surface area contributed by atoms with Crippen molar-refractivity contribution in [3.63, 3.8) is 0 Å². The molecule has 0 aliphatic heterocycles. The highest BCUT2D eigenvalue weighted by molar-refractivity contribution is 7.14. The minimum atomic E-state index is -0.324. The first-order valence-electron chi connectivity index (χ1n) is 6.10. The summed E-state index contributed by atoms with van der Waals surface area (Å²) in [5.74, 6) is -0.363. The van der Waals surface area contributed by atoms with Crippen LogP contribution in [-0.4, -0.2) is 30.0 Å². The highest BCUT2D eigenvalue weighted by atomic mass is 32.1. The van der Waals surface area contributed by atoms with Crippen molar-refractivity contribution < 1.29 is 14.3 Å². The monoisotopic (exact) mass is 282 g/mol. The summed E-state index contributed by atoms with van der Waals surface area (Å²) < 4.78 is 4.95. The van der Waals surface area contributed by atoms with Gasteiger partial charge in [0.15, 0.2) is 0 Å². The van der Waals surface area contributed by atoms with E-state index in [2.05, 4.69) is 10.3 Å². The first-order valence-corrected chi connectivity index (χ1v) is 6.91. The molecule has 0 aliphatic rings. The molecule has 0 spiro atoms. The molecule has 0 unspecified atom stereocenters.